The number of carbonyl (C=O) groups is 1. The van der Waals surface area contributed by atoms with Crippen LogP contribution in [0.2, 0.25) is 0 Å². The quantitative estimate of drug-likeness (QED) is 0.862. The van der Waals surface area contributed by atoms with Crippen LogP contribution in [0.3, 0.4) is 0 Å². The van der Waals surface area contributed by atoms with Gasteiger partial charge >= 0.3 is 6.18 Å². The third-order valence-corrected chi connectivity index (χ3v) is 4.32. The molecule has 0 radical (unpaired) electrons. The van der Waals surface area contributed by atoms with E-state index in [-0.39, 0.29) is 24.3 Å². The van der Waals surface area contributed by atoms with Gasteiger partial charge < -0.3 is 15.2 Å². The van der Waals surface area contributed by atoms with Crippen molar-refractivity contribution < 1.29 is 27.8 Å². The number of halogens is 3. The van der Waals surface area contributed by atoms with Crippen LogP contribution >= 0.6 is 0 Å². The van der Waals surface area contributed by atoms with Gasteiger partial charge in [-0.25, -0.2) is 0 Å². The number of ether oxygens (including phenoxy) is 1. The molecular weight excluding hydrogens is 323 g/mol. The minimum absolute atomic E-state index is 0.0239. The summed E-state index contributed by atoms with van der Waals surface area (Å²) in [5.74, 6) is -0.512. The molecule has 2 rings (SSSR count). The Morgan fingerprint density at radius 2 is 1.92 bits per heavy atom. The molecule has 1 aliphatic carbocycles. The number of rotatable bonds is 5. The van der Waals surface area contributed by atoms with E-state index in [0.717, 1.165) is 31.7 Å². The Kier molecular flexibility index (Phi) is 6.10. The number of nitrogens with one attached hydrogen (secondary N) is 1. The lowest BCUT2D eigenvalue weighted by molar-refractivity contribution is -0.140. The van der Waals surface area contributed by atoms with Gasteiger partial charge in [-0.2, -0.15) is 13.2 Å². The molecule has 0 aliphatic heterocycles. The van der Waals surface area contributed by atoms with Gasteiger partial charge in [0.25, 0.3) is 5.91 Å². The van der Waals surface area contributed by atoms with Crippen molar-refractivity contribution in [1.29, 1.82) is 0 Å². The number of para-hydroxylation sites is 1. The zero-order valence-electron chi connectivity index (χ0n) is 13.5. The van der Waals surface area contributed by atoms with E-state index in [9.17, 15) is 18.0 Å². The van der Waals surface area contributed by atoms with Crippen LogP contribution in [0.25, 0.3) is 0 Å². The topological polar surface area (TPSA) is 58.6 Å². The summed E-state index contributed by atoms with van der Waals surface area (Å²) in [7, 11) is 0. The van der Waals surface area contributed by atoms with Crippen LogP contribution in [0, 0.1) is 5.92 Å². The van der Waals surface area contributed by atoms with E-state index in [2.05, 4.69) is 5.32 Å². The predicted molar refractivity (Wildman–Crippen MR) is 82.5 cm³/mol. The predicted octanol–water partition coefficient (Wildman–Crippen LogP) is 3.14. The maximum absolute atomic E-state index is 12.9. The van der Waals surface area contributed by atoms with Crippen molar-refractivity contribution in [3.05, 3.63) is 29.8 Å². The van der Waals surface area contributed by atoms with Crippen LogP contribution in [-0.2, 0) is 11.0 Å². The SMILES string of the molecule is CC(Oc1ccccc1C(F)(F)F)C(=O)NC1CCC(CO)CC1. The molecule has 1 fully saturated rings. The number of aliphatic hydroxyl groups is 1. The smallest absolute Gasteiger partial charge is 0.419 e. The Hall–Kier alpha value is -1.76. The standard InChI is InChI=1S/C17H22F3NO3/c1-11(16(23)21-13-8-6-12(10-22)7-9-13)24-15-5-3-2-4-14(15)17(18,19)20/h2-5,11-13,22H,6-10H2,1H3,(H,21,23). The van der Waals surface area contributed by atoms with Crippen molar-refractivity contribution in [2.75, 3.05) is 6.61 Å². The maximum Gasteiger partial charge on any atom is 0.419 e. The molecule has 1 saturated carbocycles. The van der Waals surface area contributed by atoms with Gasteiger partial charge in [0.05, 0.1) is 5.56 Å². The van der Waals surface area contributed by atoms with Crippen LogP contribution in [0.4, 0.5) is 13.2 Å². The van der Waals surface area contributed by atoms with Crippen molar-refractivity contribution in [3.63, 3.8) is 0 Å². The molecule has 0 heterocycles. The lowest BCUT2D eigenvalue weighted by Crippen LogP contribution is -2.44. The third-order valence-electron chi connectivity index (χ3n) is 4.32. The Balaban J connectivity index is 1.93. The third kappa shape index (κ3) is 4.87. The maximum atomic E-state index is 12.9. The number of hydrogen-bond donors (Lipinski definition) is 2. The molecular formula is C17H22F3NO3. The molecule has 1 aromatic carbocycles. The Labute approximate surface area is 139 Å². The van der Waals surface area contributed by atoms with Crippen LogP contribution in [0.5, 0.6) is 5.75 Å². The molecule has 1 aromatic rings. The van der Waals surface area contributed by atoms with Crippen molar-refractivity contribution in [1.82, 2.24) is 5.32 Å². The largest absolute Gasteiger partial charge is 0.480 e. The second-order valence-corrected chi connectivity index (χ2v) is 6.16. The fourth-order valence-corrected chi connectivity index (χ4v) is 2.86. The number of hydrogen-bond acceptors (Lipinski definition) is 3. The first-order valence-electron chi connectivity index (χ1n) is 8.05. The van der Waals surface area contributed by atoms with Gasteiger partial charge in [-0.3, -0.25) is 4.79 Å². The second kappa shape index (κ2) is 7.88. The summed E-state index contributed by atoms with van der Waals surface area (Å²) >= 11 is 0. The molecule has 4 nitrogen and oxygen atoms in total. The van der Waals surface area contributed by atoms with E-state index >= 15 is 0 Å². The highest BCUT2D eigenvalue weighted by Gasteiger charge is 2.35. The van der Waals surface area contributed by atoms with E-state index in [1.165, 1.54) is 25.1 Å². The summed E-state index contributed by atoms with van der Waals surface area (Å²) in [5, 5.41) is 11.9. The van der Waals surface area contributed by atoms with Gasteiger partial charge in [0.1, 0.15) is 5.75 Å². The monoisotopic (exact) mass is 345 g/mol. The molecule has 0 aromatic heterocycles. The molecule has 1 amide bonds. The molecule has 0 spiro atoms. The first-order valence-corrected chi connectivity index (χ1v) is 8.05. The van der Waals surface area contributed by atoms with Gasteiger partial charge in [-0.15, -0.1) is 0 Å². The Morgan fingerprint density at radius 1 is 1.29 bits per heavy atom. The van der Waals surface area contributed by atoms with Crippen molar-refractivity contribution >= 4 is 5.91 Å². The average Bonchev–Trinajstić information content (AvgIpc) is 2.55. The zero-order valence-corrected chi connectivity index (χ0v) is 13.5. The second-order valence-electron chi connectivity index (χ2n) is 6.16. The highest BCUT2D eigenvalue weighted by Crippen LogP contribution is 2.36. The van der Waals surface area contributed by atoms with Crippen LogP contribution in [0.1, 0.15) is 38.2 Å². The molecule has 134 valence electrons. The summed E-state index contributed by atoms with van der Waals surface area (Å²) in [6.45, 7) is 1.58. The summed E-state index contributed by atoms with van der Waals surface area (Å²) in [4.78, 5) is 12.2. The van der Waals surface area contributed by atoms with Crippen LogP contribution < -0.4 is 10.1 Å². The van der Waals surface area contributed by atoms with Crippen LogP contribution in [0.15, 0.2) is 24.3 Å². The van der Waals surface area contributed by atoms with Gasteiger partial charge in [0, 0.05) is 12.6 Å². The first-order chi connectivity index (χ1) is 11.3. The van der Waals surface area contributed by atoms with Crippen molar-refractivity contribution in [3.8, 4) is 5.75 Å². The van der Waals surface area contributed by atoms with E-state index in [1.807, 2.05) is 0 Å². The number of amides is 1. The molecule has 1 atom stereocenters. The molecule has 0 saturated heterocycles. The fourth-order valence-electron chi connectivity index (χ4n) is 2.86. The molecule has 1 aliphatic rings. The van der Waals surface area contributed by atoms with Crippen molar-refractivity contribution in [2.24, 2.45) is 5.92 Å². The minimum Gasteiger partial charge on any atom is -0.480 e. The lowest BCUT2D eigenvalue weighted by Gasteiger charge is -2.29. The highest BCUT2D eigenvalue weighted by atomic mass is 19.4. The summed E-state index contributed by atoms with van der Waals surface area (Å²) in [6.07, 6.45) is -2.40. The fraction of sp³-hybridized carbons (Fsp3) is 0.588. The number of alkyl halides is 3. The molecule has 0 bridgehead atoms. The minimum atomic E-state index is -4.53. The van der Waals surface area contributed by atoms with E-state index in [0.29, 0.717) is 0 Å². The van der Waals surface area contributed by atoms with Gasteiger partial charge in [-0.1, -0.05) is 12.1 Å². The van der Waals surface area contributed by atoms with Gasteiger partial charge in [0.15, 0.2) is 6.10 Å². The van der Waals surface area contributed by atoms with E-state index in [1.54, 1.807) is 0 Å². The normalized spacial score (nSPS) is 22.7. The Morgan fingerprint density at radius 3 is 2.50 bits per heavy atom. The molecule has 24 heavy (non-hydrogen) atoms. The lowest BCUT2D eigenvalue weighted by atomic mass is 9.86. The number of carbonyl (C=O) groups excluding carboxylic acids is 1. The van der Waals surface area contributed by atoms with E-state index in [4.69, 9.17) is 9.84 Å². The molecule has 1 unspecified atom stereocenters. The highest BCUT2D eigenvalue weighted by molar-refractivity contribution is 5.81. The van der Waals surface area contributed by atoms with Crippen molar-refractivity contribution in [2.45, 2.75) is 50.9 Å². The first kappa shape index (κ1) is 18.6. The van der Waals surface area contributed by atoms with E-state index < -0.39 is 23.8 Å². The summed E-state index contributed by atoms with van der Waals surface area (Å²) in [5.41, 5.74) is -0.895. The van der Waals surface area contributed by atoms with Gasteiger partial charge in [-0.05, 0) is 50.7 Å². The van der Waals surface area contributed by atoms with Crippen LogP contribution in [-0.4, -0.2) is 29.8 Å². The zero-order chi connectivity index (χ0) is 17.7. The van der Waals surface area contributed by atoms with Gasteiger partial charge in [0.2, 0.25) is 0 Å². The average molecular weight is 345 g/mol. The summed E-state index contributed by atoms with van der Waals surface area (Å²) in [6, 6.07) is 4.82. The molecule has 7 heteroatoms. The molecule has 2 N–H and O–H groups in total. The number of benzene rings is 1. The number of aliphatic hydroxyl groups excluding tert-OH is 1. The Bertz CT molecular complexity index is 554. The summed E-state index contributed by atoms with van der Waals surface area (Å²) < 4.78 is 44.1.